The van der Waals surface area contributed by atoms with Crippen molar-refractivity contribution in [2.24, 2.45) is 0 Å². The number of hydrogen-bond acceptors (Lipinski definition) is 20. The van der Waals surface area contributed by atoms with Gasteiger partial charge in [0.2, 0.25) is 0 Å². The first kappa shape index (κ1) is 36.5. The third-order valence-corrected chi connectivity index (χ3v) is 8.75. The standard InChI is InChI=1S/C26H44O20/c1-7-13(29)16(32)10(4-38-7)43-24-20(36)17(33)11(5-40-24)45-26-22(46-25-21(37)15(31)9(2-27)42-25)18(34)12(6-41-26)44-23-19(35)14(30)8(28)3-39-23/h7-37H,2-6H2,1H3/t7-,8+,9-,10+,11+,12+,13?,14?,15?,16?,17?,18?,19?,20?,21?,22?,23-,24-,25-,26-/m0/s1. The van der Waals surface area contributed by atoms with E-state index in [0.29, 0.717) is 0 Å². The third kappa shape index (κ3) is 7.51. The molecule has 20 atom stereocenters. The molecule has 0 aromatic carbocycles. The second-order valence-corrected chi connectivity index (χ2v) is 12.0. The maximum atomic E-state index is 11.3. The summed E-state index contributed by atoms with van der Waals surface area (Å²) in [6, 6.07) is 0. The van der Waals surface area contributed by atoms with E-state index in [1.54, 1.807) is 6.92 Å². The van der Waals surface area contributed by atoms with Gasteiger partial charge in [-0.1, -0.05) is 0 Å². The molecule has 5 aliphatic heterocycles. The molecule has 0 aliphatic carbocycles. The van der Waals surface area contributed by atoms with Gasteiger partial charge in [-0.3, -0.25) is 0 Å². The van der Waals surface area contributed by atoms with Crippen LogP contribution in [0.4, 0.5) is 0 Å². The summed E-state index contributed by atoms with van der Waals surface area (Å²) in [6.45, 7) is -0.475. The maximum Gasteiger partial charge on any atom is 0.187 e. The fourth-order valence-corrected chi connectivity index (χ4v) is 5.75. The molecule has 5 rings (SSSR count). The topological polar surface area (TPSA) is 306 Å². The Morgan fingerprint density at radius 1 is 0.478 bits per heavy atom. The van der Waals surface area contributed by atoms with Crippen LogP contribution in [0.1, 0.15) is 6.92 Å². The van der Waals surface area contributed by atoms with Gasteiger partial charge in [0.05, 0.1) is 39.1 Å². The van der Waals surface area contributed by atoms with Gasteiger partial charge in [0.15, 0.2) is 25.2 Å². The van der Waals surface area contributed by atoms with Crippen LogP contribution >= 0.6 is 0 Å². The van der Waals surface area contributed by atoms with Crippen LogP contribution in [0.25, 0.3) is 0 Å². The van der Waals surface area contributed by atoms with Gasteiger partial charge >= 0.3 is 0 Å². The molecule has 0 aromatic heterocycles. The highest BCUT2D eigenvalue weighted by Gasteiger charge is 2.52. The van der Waals surface area contributed by atoms with Gasteiger partial charge in [0.25, 0.3) is 0 Å². The van der Waals surface area contributed by atoms with E-state index in [1.807, 2.05) is 0 Å². The van der Waals surface area contributed by atoms with Crippen molar-refractivity contribution in [3.05, 3.63) is 0 Å². The van der Waals surface area contributed by atoms with Crippen LogP contribution in [0, 0.1) is 0 Å². The minimum absolute atomic E-state index is 0.124. The Morgan fingerprint density at radius 3 is 1.57 bits per heavy atom. The highest BCUT2D eigenvalue weighted by molar-refractivity contribution is 4.94. The van der Waals surface area contributed by atoms with Crippen LogP contribution in [0.5, 0.6) is 0 Å². The lowest BCUT2D eigenvalue weighted by Gasteiger charge is -2.46. The minimum Gasteiger partial charge on any atom is -0.394 e. The number of rotatable bonds is 9. The Balaban J connectivity index is 1.25. The average Bonchev–Trinajstić information content (AvgIpc) is 3.31. The van der Waals surface area contributed by atoms with Gasteiger partial charge in [0.1, 0.15) is 91.6 Å². The molecule has 5 fully saturated rings. The lowest BCUT2D eigenvalue weighted by Crippen LogP contribution is -2.63. The summed E-state index contributed by atoms with van der Waals surface area (Å²) in [7, 11) is 0. The zero-order chi connectivity index (χ0) is 33.4. The van der Waals surface area contributed by atoms with Crippen molar-refractivity contribution in [2.75, 3.05) is 33.0 Å². The summed E-state index contributed by atoms with van der Waals surface area (Å²) in [4.78, 5) is 0. The van der Waals surface area contributed by atoms with Crippen LogP contribution in [0.3, 0.4) is 0 Å². The lowest BCUT2D eigenvalue weighted by molar-refractivity contribution is -0.369. The van der Waals surface area contributed by atoms with Gasteiger partial charge in [-0.25, -0.2) is 0 Å². The SMILES string of the molecule is C[C@@H]1OC[C@@H](O[C@@H]2OC[C@@H](O[C@@H]3OC[C@@H](O[C@@H]4OC[C@@H](O)C(O)C4O)C(O)C3O[C@@H]3O[C@@H](CO)C(O)C3O)C(O)C2O)C(O)C1O. The predicted molar refractivity (Wildman–Crippen MR) is 140 cm³/mol. The van der Waals surface area contributed by atoms with Gasteiger partial charge in [-0.05, 0) is 6.92 Å². The summed E-state index contributed by atoms with van der Waals surface area (Å²) < 4.78 is 50.0. The van der Waals surface area contributed by atoms with E-state index in [4.69, 9.17) is 42.6 Å². The molecule has 0 spiro atoms. The molecule has 11 N–H and O–H groups in total. The summed E-state index contributed by atoms with van der Waals surface area (Å²) in [5.74, 6) is 0. The van der Waals surface area contributed by atoms with Crippen molar-refractivity contribution in [1.29, 1.82) is 0 Å². The lowest BCUT2D eigenvalue weighted by atomic mass is 10.00. The predicted octanol–water partition coefficient (Wildman–Crippen LogP) is -7.66. The third-order valence-electron chi connectivity index (χ3n) is 8.75. The second kappa shape index (κ2) is 15.4. The number of ether oxygens (including phenoxy) is 9. The molecular weight excluding hydrogens is 632 g/mol. The average molecular weight is 677 g/mol. The number of aliphatic hydroxyl groups is 11. The normalized spacial score (nSPS) is 53.7. The summed E-state index contributed by atoms with van der Waals surface area (Å²) >= 11 is 0. The fraction of sp³-hybridized carbons (Fsp3) is 1.00. The van der Waals surface area contributed by atoms with E-state index in [1.165, 1.54) is 0 Å². The van der Waals surface area contributed by atoms with Crippen molar-refractivity contribution in [2.45, 2.75) is 130 Å². The Labute approximate surface area is 262 Å². The molecular formula is C26H44O20. The van der Waals surface area contributed by atoms with E-state index >= 15 is 0 Å². The second-order valence-electron chi connectivity index (χ2n) is 12.0. The molecule has 20 nitrogen and oxygen atoms in total. The van der Waals surface area contributed by atoms with E-state index in [-0.39, 0.29) is 13.2 Å². The molecule has 0 radical (unpaired) electrons. The van der Waals surface area contributed by atoms with Gasteiger partial charge in [0, 0.05) is 0 Å². The van der Waals surface area contributed by atoms with Gasteiger partial charge in [-0.2, -0.15) is 0 Å². The van der Waals surface area contributed by atoms with Crippen molar-refractivity contribution in [3.63, 3.8) is 0 Å². The van der Waals surface area contributed by atoms with Crippen LogP contribution in [0.2, 0.25) is 0 Å². The van der Waals surface area contributed by atoms with E-state index in [9.17, 15) is 56.2 Å². The molecule has 20 heteroatoms. The molecule has 5 aliphatic rings. The molecule has 0 saturated carbocycles. The summed E-state index contributed by atoms with van der Waals surface area (Å²) in [5, 5.41) is 113. The summed E-state index contributed by atoms with van der Waals surface area (Å²) in [6.07, 6.45) is -29.1. The van der Waals surface area contributed by atoms with E-state index < -0.39 is 143 Å². The monoisotopic (exact) mass is 676 g/mol. The van der Waals surface area contributed by atoms with Crippen LogP contribution < -0.4 is 0 Å². The molecule has 0 amide bonds. The Kier molecular flexibility index (Phi) is 12.2. The van der Waals surface area contributed by atoms with Crippen LogP contribution in [-0.4, -0.2) is 212 Å². The molecule has 5 heterocycles. The van der Waals surface area contributed by atoms with Crippen LogP contribution in [-0.2, 0) is 42.6 Å². The highest BCUT2D eigenvalue weighted by Crippen LogP contribution is 2.32. The molecule has 10 unspecified atom stereocenters. The summed E-state index contributed by atoms with van der Waals surface area (Å²) in [5.41, 5.74) is 0. The highest BCUT2D eigenvalue weighted by atomic mass is 16.8. The first-order chi connectivity index (χ1) is 21.8. The quantitative estimate of drug-likeness (QED) is 0.108. The number of hydrogen-bond donors (Lipinski definition) is 11. The Bertz CT molecular complexity index is 964. The fourth-order valence-electron chi connectivity index (χ4n) is 5.75. The largest absolute Gasteiger partial charge is 0.394 e. The van der Waals surface area contributed by atoms with E-state index in [2.05, 4.69) is 0 Å². The molecule has 5 saturated heterocycles. The number of aliphatic hydroxyl groups excluding tert-OH is 11. The molecule has 0 aromatic rings. The molecule has 46 heavy (non-hydrogen) atoms. The minimum atomic E-state index is -1.74. The zero-order valence-corrected chi connectivity index (χ0v) is 24.7. The van der Waals surface area contributed by atoms with Crippen molar-refractivity contribution in [3.8, 4) is 0 Å². The van der Waals surface area contributed by atoms with Crippen molar-refractivity contribution in [1.82, 2.24) is 0 Å². The van der Waals surface area contributed by atoms with Crippen molar-refractivity contribution < 1.29 is 98.8 Å². The first-order valence-corrected chi connectivity index (χ1v) is 15.0. The zero-order valence-electron chi connectivity index (χ0n) is 24.7. The van der Waals surface area contributed by atoms with Crippen molar-refractivity contribution >= 4 is 0 Å². The van der Waals surface area contributed by atoms with E-state index in [0.717, 1.165) is 0 Å². The maximum absolute atomic E-state index is 11.3. The molecule has 268 valence electrons. The van der Waals surface area contributed by atoms with Crippen LogP contribution in [0.15, 0.2) is 0 Å². The van der Waals surface area contributed by atoms with Gasteiger partial charge < -0.3 is 98.8 Å². The Morgan fingerprint density at radius 2 is 0.957 bits per heavy atom. The first-order valence-electron chi connectivity index (χ1n) is 15.0. The Hall–Kier alpha value is -0.800. The van der Waals surface area contributed by atoms with Gasteiger partial charge in [-0.15, -0.1) is 0 Å². The molecule has 0 bridgehead atoms. The smallest absolute Gasteiger partial charge is 0.187 e.